The number of alkyl halides is 3. The highest BCUT2D eigenvalue weighted by Gasteiger charge is 2.30. The minimum atomic E-state index is -4.65. The van der Waals surface area contributed by atoms with Crippen molar-refractivity contribution in [3.8, 4) is 11.1 Å². The molecule has 0 fully saturated rings. The van der Waals surface area contributed by atoms with Gasteiger partial charge >= 0.3 is 6.18 Å². The van der Waals surface area contributed by atoms with Crippen LogP contribution in [0.3, 0.4) is 0 Å². The smallest absolute Gasteiger partial charge is 0.336 e. The molecule has 0 spiro atoms. The summed E-state index contributed by atoms with van der Waals surface area (Å²) in [6.07, 6.45) is -10.9. The van der Waals surface area contributed by atoms with E-state index in [-0.39, 0.29) is 26.7 Å². The first kappa shape index (κ1) is 20.5. The number of aromatic nitrogens is 2. The number of halogens is 4. The molecule has 0 saturated heterocycles. The van der Waals surface area contributed by atoms with Crippen molar-refractivity contribution in [3.63, 3.8) is 0 Å². The molecule has 11 heteroatoms. The molecule has 0 saturated carbocycles. The standard InChI is InChI=1S/C37H40F4N4O2S/c1-4-43(5-2)18-19-44(22-26-6-10-28(11-7-26)29-12-14-30(15-13-29)37(39,40)41)34(46)23-45-33-21-25(3)20-32(33)35(47)42-36(45)48-24-27-8-16-31(38)17-9-27/h6-17,25H,4-5,18-24H2,1-3H3/i4D2,5D2,18D2,19D2,20D2,21D2,22D2,25D. The van der Waals surface area contributed by atoms with E-state index in [1.807, 2.05) is 0 Å². The molecule has 1 atom stereocenters. The normalized spacial score (nSPS) is 24.1. The quantitative estimate of drug-likeness (QED) is 0.0826. The number of carbonyl (C=O) groups is 1. The van der Waals surface area contributed by atoms with Crippen LogP contribution in [0.25, 0.3) is 11.1 Å². The van der Waals surface area contributed by atoms with Crippen LogP contribution >= 0.6 is 11.8 Å². The monoisotopic (exact) mass is 695 g/mol. The second-order valence-corrected chi connectivity index (χ2v) is 11.2. The van der Waals surface area contributed by atoms with Crippen LogP contribution in [0.2, 0.25) is 0 Å². The lowest BCUT2D eigenvalue weighted by molar-refractivity contribution is -0.137. The highest BCUT2D eigenvalue weighted by atomic mass is 32.2. The van der Waals surface area contributed by atoms with Gasteiger partial charge < -0.3 is 14.4 Å². The summed E-state index contributed by atoms with van der Waals surface area (Å²) in [5.74, 6) is -5.31. The molecule has 0 aliphatic heterocycles. The van der Waals surface area contributed by atoms with Crippen molar-refractivity contribution in [2.24, 2.45) is 5.89 Å². The summed E-state index contributed by atoms with van der Waals surface area (Å²) in [7, 11) is 0. The van der Waals surface area contributed by atoms with Crippen LogP contribution in [0.15, 0.2) is 82.7 Å². The van der Waals surface area contributed by atoms with E-state index in [0.29, 0.717) is 35.7 Å². The molecule has 0 radical (unpaired) electrons. The van der Waals surface area contributed by atoms with E-state index < -0.39 is 109 Å². The molecular weight excluding hydrogens is 640 g/mol. The van der Waals surface area contributed by atoms with E-state index in [2.05, 4.69) is 4.98 Å². The van der Waals surface area contributed by atoms with E-state index in [4.69, 9.17) is 15.1 Å². The summed E-state index contributed by atoms with van der Waals surface area (Å²) in [5.41, 5.74) is -3.92. The first-order valence-corrected chi connectivity index (χ1v) is 15.4. The van der Waals surface area contributed by atoms with Gasteiger partial charge in [0.15, 0.2) is 5.16 Å². The van der Waals surface area contributed by atoms with Gasteiger partial charge in [-0.25, -0.2) is 4.39 Å². The Hall–Kier alpha value is -3.96. The maximum atomic E-state index is 15.0. The van der Waals surface area contributed by atoms with Crippen molar-refractivity contribution in [1.29, 1.82) is 0 Å². The number of carbonyl (C=O) groups excluding carboxylic acids is 1. The van der Waals surface area contributed by atoms with E-state index in [0.717, 1.165) is 55.5 Å². The number of hydrogen-bond donors (Lipinski definition) is 0. The Balaban J connectivity index is 1.74. The van der Waals surface area contributed by atoms with Crippen LogP contribution in [-0.2, 0) is 42.5 Å². The maximum Gasteiger partial charge on any atom is 0.416 e. The Morgan fingerprint density at radius 1 is 0.979 bits per heavy atom. The van der Waals surface area contributed by atoms with Gasteiger partial charge in [0.05, 0.1) is 11.0 Å². The first-order chi connectivity index (χ1) is 28.4. The molecular formula is C37H40F4N4O2S. The van der Waals surface area contributed by atoms with E-state index in [1.54, 1.807) is 0 Å². The minimum absolute atomic E-state index is 0.154. The summed E-state index contributed by atoms with van der Waals surface area (Å²) < 4.78 is 186. The molecule has 3 aromatic carbocycles. The summed E-state index contributed by atoms with van der Waals surface area (Å²) in [6.45, 7) is -16.9. The molecule has 0 bridgehead atoms. The van der Waals surface area contributed by atoms with Crippen molar-refractivity contribution < 1.29 is 42.9 Å². The Labute approximate surface area is 303 Å². The van der Waals surface area contributed by atoms with E-state index in [9.17, 15) is 32.6 Å². The highest BCUT2D eigenvalue weighted by Crippen LogP contribution is 2.32. The number of likely N-dealkylation sites (N-methyl/N-ethyl adjacent to an activating group) is 1. The molecule has 6 nitrogen and oxygen atoms in total. The van der Waals surface area contributed by atoms with Gasteiger partial charge in [-0.15, -0.1) is 0 Å². The van der Waals surface area contributed by atoms with Gasteiger partial charge in [-0.3, -0.25) is 9.59 Å². The predicted octanol–water partition coefficient (Wildman–Crippen LogP) is 7.47. The fourth-order valence-electron chi connectivity index (χ4n) is 4.56. The third-order valence-corrected chi connectivity index (χ3v) is 8.03. The molecule has 48 heavy (non-hydrogen) atoms. The van der Waals surface area contributed by atoms with Crippen molar-refractivity contribution in [1.82, 2.24) is 19.4 Å². The van der Waals surface area contributed by atoms with Crippen molar-refractivity contribution >= 4 is 17.7 Å². The molecule has 1 unspecified atom stereocenters. The third kappa shape index (κ3) is 8.73. The third-order valence-electron chi connectivity index (χ3n) is 6.98. The fourth-order valence-corrected chi connectivity index (χ4v) is 5.51. The summed E-state index contributed by atoms with van der Waals surface area (Å²) in [4.78, 5) is 32.0. The number of rotatable bonds is 13. The highest BCUT2D eigenvalue weighted by molar-refractivity contribution is 7.98. The van der Waals surface area contributed by atoms with Crippen LogP contribution in [0.4, 0.5) is 17.6 Å². The van der Waals surface area contributed by atoms with E-state index in [1.165, 1.54) is 24.3 Å². The van der Waals surface area contributed by atoms with Gasteiger partial charge in [-0.2, -0.15) is 18.2 Å². The van der Waals surface area contributed by atoms with Crippen LogP contribution in [0.5, 0.6) is 0 Å². The second-order valence-electron chi connectivity index (χ2n) is 10.3. The summed E-state index contributed by atoms with van der Waals surface area (Å²) >= 11 is 0.648. The molecule has 1 amide bonds. The molecule has 1 heterocycles. The molecule has 254 valence electrons. The van der Waals surface area contributed by atoms with Gasteiger partial charge in [0.2, 0.25) is 5.91 Å². The molecule has 1 aliphatic carbocycles. The molecule has 1 aromatic heterocycles. The largest absolute Gasteiger partial charge is 0.416 e. The number of nitrogens with zero attached hydrogens (tertiary/aromatic N) is 4. The molecule has 1 aliphatic rings. The van der Waals surface area contributed by atoms with Gasteiger partial charge in [0.25, 0.3) is 5.56 Å². The minimum Gasteiger partial charge on any atom is -0.336 e. The fraction of sp³-hybridized carbons (Fsp3) is 0.378. The van der Waals surface area contributed by atoms with Gasteiger partial charge in [-0.05, 0) is 78.2 Å². The zero-order valence-corrected chi connectivity index (χ0v) is 26.7. The number of hydrogen-bond acceptors (Lipinski definition) is 5. The molecule has 0 N–H and O–H groups in total. The van der Waals surface area contributed by atoms with Gasteiger partial charge in [-0.1, -0.05) is 81.1 Å². The zero-order chi connectivity index (χ0) is 47.9. The van der Waals surface area contributed by atoms with Crippen LogP contribution in [0.1, 0.15) is 69.3 Å². The number of fused-ring (bicyclic) bond motifs is 1. The maximum absolute atomic E-state index is 15.0. The lowest BCUT2D eigenvalue weighted by Gasteiger charge is -2.28. The van der Waals surface area contributed by atoms with Crippen LogP contribution < -0.4 is 5.56 Å². The van der Waals surface area contributed by atoms with Crippen molar-refractivity contribution in [2.75, 3.05) is 26.0 Å². The average molecular weight is 696 g/mol. The zero-order valence-electron chi connectivity index (χ0n) is 40.9. The lowest BCUT2D eigenvalue weighted by atomic mass is 10.0. The van der Waals surface area contributed by atoms with Crippen molar-refractivity contribution in [3.05, 3.63) is 117 Å². The van der Waals surface area contributed by atoms with Crippen LogP contribution in [0, 0.1) is 11.7 Å². The van der Waals surface area contributed by atoms with Crippen molar-refractivity contribution in [2.45, 2.75) is 63.6 Å². The number of thioether (sulfide) groups is 1. The molecule has 5 rings (SSSR count). The Kier molecular flexibility index (Phi) is 6.63. The predicted molar refractivity (Wildman–Crippen MR) is 181 cm³/mol. The SMILES string of the molecule is [2H]C([2H])(C)N(C([2H])([2H])C)C([2H])([2H])C([2H])([2H])N(C(=O)Cn1c(SCc2ccc(F)cc2)nc(=O)c2c1C([2H])([2H])C([2H])(C)C2([2H])[2H])C([2H])([2H])c1ccc(-c2ccc(C(F)(F)F)cc2)cc1. The molecule has 4 aromatic rings. The van der Waals surface area contributed by atoms with Crippen LogP contribution in [-0.4, -0.2) is 51.2 Å². The first-order valence-electron chi connectivity index (χ1n) is 21.9. The Morgan fingerprint density at radius 3 is 2.19 bits per heavy atom. The number of benzene rings is 3. The lowest BCUT2D eigenvalue weighted by Crippen LogP contribution is -2.40. The summed E-state index contributed by atoms with van der Waals surface area (Å²) in [6, 6.07) is 13.2. The van der Waals surface area contributed by atoms with Gasteiger partial charge in [0, 0.05) is 51.6 Å². The average Bonchev–Trinajstić information content (AvgIpc) is 3.24. The Morgan fingerprint density at radius 2 is 1.58 bits per heavy atom. The summed E-state index contributed by atoms with van der Waals surface area (Å²) in [5, 5.41) is -0.532. The Bertz CT molecular complexity index is 2410. The van der Waals surface area contributed by atoms with Gasteiger partial charge in [0.1, 0.15) is 12.4 Å². The second kappa shape index (κ2) is 15.5. The van der Waals surface area contributed by atoms with E-state index >= 15 is 0 Å². The topological polar surface area (TPSA) is 58.4 Å². The number of amides is 1.